The molecule has 6 nitrogen and oxygen atoms in total. The summed E-state index contributed by atoms with van der Waals surface area (Å²) in [6.45, 7) is 1.25. The van der Waals surface area contributed by atoms with Crippen LogP contribution in [0.4, 0.5) is 0 Å². The molecule has 1 atom stereocenters. The third-order valence-electron chi connectivity index (χ3n) is 3.43. The summed E-state index contributed by atoms with van der Waals surface area (Å²) < 4.78 is 25.4. The van der Waals surface area contributed by atoms with Crippen molar-refractivity contribution in [3.63, 3.8) is 0 Å². The quantitative estimate of drug-likeness (QED) is 0.831. The highest BCUT2D eigenvalue weighted by Crippen LogP contribution is 2.15. The molecular weight excluding hydrogens is 278 g/mol. The molecule has 0 saturated carbocycles. The molecule has 1 aliphatic heterocycles. The monoisotopic (exact) mass is 297 g/mol. The van der Waals surface area contributed by atoms with Gasteiger partial charge < -0.3 is 10.6 Å². The van der Waals surface area contributed by atoms with Gasteiger partial charge in [0.25, 0.3) is 5.91 Å². The Morgan fingerprint density at radius 1 is 1.35 bits per heavy atom. The van der Waals surface area contributed by atoms with E-state index < -0.39 is 10.0 Å². The lowest BCUT2D eigenvalue weighted by Gasteiger charge is -2.30. The first kappa shape index (κ1) is 15.0. The van der Waals surface area contributed by atoms with Gasteiger partial charge in [-0.3, -0.25) is 4.79 Å². The van der Waals surface area contributed by atoms with Crippen molar-refractivity contribution in [2.45, 2.75) is 23.8 Å². The number of sulfonamides is 1. The molecule has 1 heterocycles. The number of rotatable bonds is 3. The Kier molecular flexibility index (Phi) is 4.42. The number of benzene rings is 1. The molecule has 3 N–H and O–H groups in total. The number of likely N-dealkylation sites (tertiary alicyclic amines) is 1. The molecule has 1 amide bonds. The number of hydrogen-bond acceptors (Lipinski definition) is 4. The largest absolute Gasteiger partial charge is 0.337 e. The zero-order valence-electron chi connectivity index (χ0n) is 11.4. The molecular formula is C13H19N3O3S. The SMILES string of the molecule is CNS(=O)(=O)c1ccc(C(=O)N2CCCC(N)C2)cc1. The van der Waals surface area contributed by atoms with Crippen LogP contribution in [0.15, 0.2) is 29.2 Å². The third-order valence-corrected chi connectivity index (χ3v) is 4.86. The predicted molar refractivity (Wildman–Crippen MR) is 75.8 cm³/mol. The molecule has 0 radical (unpaired) electrons. The van der Waals surface area contributed by atoms with Crippen molar-refractivity contribution < 1.29 is 13.2 Å². The number of nitrogens with one attached hydrogen (secondary N) is 1. The highest BCUT2D eigenvalue weighted by Gasteiger charge is 2.22. The zero-order valence-corrected chi connectivity index (χ0v) is 12.2. The van der Waals surface area contributed by atoms with Gasteiger partial charge in [-0.1, -0.05) is 0 Å². The van der Waals surface area contributed by atoms with Gasteiger partial charge in [0.15, 0.2) is 0 Å². The average Bonchev–Trinajstić information content (AvgIpc) is 2.46. The first-order valence-electron chi connectivity index (χ1n) is 6.52. The predicted octanol–water partition coefficient (Wildman–Crippen LogP) is 0.158. The molecule has 0 aromatic heterocycles. The van der Waals surface area contributed by atoms with Crippen LogP contribution in [0.1, 0.15) is 23.2 Å². The average molecular weight is 297 g/mol. The van der Waals surface area contributed by atoms with Crippen molar-refractivity contribution in [1.82, 2.24) is 9.62 Å². The van der Waals surface area contributed by atoms with Crippen molar-refractivity contribution in [1.29, 1.82) is 0 Å². The summed E-state index contributed by atoms with van der Waals surface area (Å²) >= 11 is 0. The number of carbonyl (C=O) groups is 1. The molecule has 1 aromatic rings. The van der Waals surface area contributed by atoms with Crippen molar-refractivity contribution in [3.8, 4) is 0 Å². The number of piperidine rings is 1. The van der Waals surface area contributed by atoms with Crippen LogP contribution < -0.4 is 10.5 Å². The van der Waals surface area contributed by atoms with Crippen LogP contribution in [0.25, 0.3) is 0 Å². The van der Waals surface area contributed by atoms with Gasteiger partial charge in [0.2, 0.25) is 10.0 Å². The van der Waals surface area contributed by atoms with E-state index in [9.17, 15) is 13.2 Å². The van der Waals surface area contributed by atoms with Crippen LogP contribution in [0.2, 0.25) is 0 Å². The smallest absolute Gasteiger partial charge is 0.253 e. The fraction of sp³-hybridized carbons (Fsp3) is 0.462. The van der Waals surface area contributed by atoms with Gasteiger partial charge in [0.05, 0.1) is 4.90 Å². The van der Waals surface area contributed by atoms with E-state index in [1.807, 2.05) is 0 Å². The summed E-state index contributed by atoms with van der Waals surface area (Å²) in [7, 11) is -2.12. The van der Waals surface area contributed by atoms with Crippen molar-refractivity contribution in [2.24, 2.45) is 5.73 Å². The number of amides is 1. The van der Waals surface area contributed by atoms with Crippen molar-refractivity contribution in [3.05, 3.63) is 29.8 Å². The topological polar surface area (TPSA) is 92.5 Å². The minimum absolute atomic E-state index is 0.0247. The Hall–Kier alpha value is -1.44. The molecule has 1 aliphatic rings. The molecule has 0 bridgehead atoms. The summed E-state index contributed by atoms with van der Waals surface area (Å²) in [6.07, 6.45) is 1.84. The van der Waals surface area contributed by atoms with Gasteiger partial charge in [0, 0.05) is 24.7 Å². The Bertz CT molecular complexity index is 583. The van der Waals surface area contributed by atoms with Gasteiger partial charge in [0.1, 0.15) is 0 Å². The minimum Gasteiger partial charge on any atom is -0.337 e. The number of carbonyl (C=O) groups excluding carboxylic acids is 1. The van der Waals surface area contributed by atoms with Crippen molar-refractivity contribution >= 4 is 15.9 Å². The van der Waals surface area contributed by atoms with Gasteiger partial charge >= 0.3 is 0 Å². The Balaban J connectivity index is 2.16. The van der Waals surface area contributed by atoms with E-state index in [1.165, 1.54) is 31.3 Å². The first-order chi connectivity index (χ1) is 9.44. The van der Waals surface area contributed by atoms with Gasteiger partial charge in [-0.05, 0) is 44.2 Å². The van der Waals surface area contributed by atoms with Crippen LogP contribution in [-0.2, 0) is 10.0 Å². The molecule has 110 valence electrons. The third kappa shape index (κ3) is 3.17. The lowest BCUT2D eigenvalue weighted by molar-refractivity contribution is 0.0708. The second-order valence-corrected chi connectivity index (χ2v) is 6.77. The van der Waals surface area contributed by atoms with Crippen LogP contribution in [0.3, 0.4) is 0 Å². The van der Waals surface area contributed by atoms with E-state index in [2.05, 4.69) is 4.72 Å². The Morgan fingerprint density at radius 3 is 2.55 bits per heavy atom. The summed E-state index contributed by atoms with van der Waals surface area (Å²) in [4.78, 5) is 14.1. The lowest BCUT2D eigenvalue weighted by Crippen LogP contribution is -2.45. The number of hydrogen-bond donors (Lipinski definition) is 2. The molecule has 0 aliphatic carbocycles. The maximum absolute atomic E-state index is 12.3. The molecule has 1 fully saturated rings. The molecule has 1 aromatic carbocycles. The molecule has 1 saturated heterocycles. The van der Waals surface area contributed by atoms with Crippen LogP contribution in [0.5, 0.6) is 0 Å². The summed E-state index contributed by atoms with van der Waals surface area (Å²) in [5, 5.41) is 0. The van der Waals surface area contributed by atoms with Gasteiger partial charge in [-0.15, -0.1) is 0 Å². The minimum atomic E-state index is -3.47. The van der Waals surface area contributed by atoms with Crippen LogP contribution in [-0.4, -0.2) is 45.4 Å². The van der Waals surface area contributed by atoms with E-state index in [0.29, 0.717) is 18.7 Å². The van der Waals surface area contributed by atoms with E-state index in [-0.39, 0.29) is 16.8 Å². The van der Waals surface area contributed by atoms with Gasteiger partial charge in [-0.2, -0.15) is 0 Å². The van der Waals surface area contributed by atoms with Crippen LogP contribution >= 0.6 is 0 Å². The molecule has 7 heteroatoms. The Labute approximate surface area is 119 Å². The highest BCUT2D eigenvalue weighted by molar-refractivity contribution is 7.89. The van der Waals surface area contributed by atoms with E-state index >= 15 is 0 Å². The molecule has 2 rings (SSSR count). The number of nitrogens with zero attached hydrogens (tertiary/aromatic N) is 1. The van der Waals surface area contributed by atoms with E-state index in [0.717, 1.165) is 12.8 Å². The number of nitrogens with two attached hydrogens (primary N) is 1. The van der Waals surface area contributed by atoms with E-state index in [4.69, 9.17) is 5.73 Å². The lowest BCUT2D eigenvalue weighted by atomic mass is 10.1. The Morgan fingerprint density at radius 2 is 2.00 bits per heavy atom. The van der Waals surface area contributed by atoms with Crippen LogP contribution in [0, 0.1) is 0 Å². The molecule has 1 unspecified atom stereocenters. The summed E-state index contributed by atoms with van der Waals surface area (Å²) in [6, 6.07) is 5.96. The molecule has 0 spiro atoms. The fourth-order valence-electron chi connectivity index (χ4n) is 2.27. The second kappa shape index (κ2) is 5.90. The van der Waals surface area contributed by atoms with E-state index in [1.54, 1.807) is 4.90 Å². The standard InChI is InChI=1S/C13H19N3O3S/c1-15-20(18,19)12-6-4-10(5-7-12)13(17)16-8-2-3-11(14)9-16/h4-7,11,15H,2-3,8-9,14H2,1H3. The summed E-state index contributed by atoms with van der Waals surface area (Å²) in [5.41, 5.74) is 6.34. The first-order valence-corrected chi connectivity index (χ1v) is 8.01. The van der Waals surface area contributed by atoms with Gasteiger partial charge in [-0.25, -0.2) is 13.1 Å². The fourth-order valence-corrected chi connectivity index (χ4v) is 3.00. The summed E-state index contributed by atoms with van der Waals surface area (Å²) in [5.74, 6) is -0.103. The maximum atomic E-state index is 12.3. The normalized spacial score (nSPS) is 19.9. The molecule has 20 heavy (non-hydrogen) atoms. The maximum Gasteiger partial charge on any atom is 0.253 e. The zero-order chi connectivity index (χ0) is 14.8. The second-order valence-electron chi connectivity index (χ2n) is 4.89. The van der Waals surface area contributed by atoms with Crippen molar-refractivity contribution in [2.75, 3.05) is 20.1 Å². The highest BCUT2D eigenvalue weighted by atomic mass is 32.2.